The van der Waals surface area contributed by atoms with Crippen LogP contribution < -0.4 is 0 Å². The monoisotopic (exact) mass is 373 g/mol. The van der Waals surface area contributed by atoms with E-state index in [1.54, 1.807) is 34.4 Å². The van der Waals surface area contributed by atoms with Gasteiger partial charge in [0.1, 0.15) is 0 Å². The van der Waals surface area contributed by atoms with E-state index in [9.17, 15) is 4.79 Å². The smallest absolute Gasteiger partial charge is 0.255 e. The standard InChI is InChI=1S/C19H19NOS3/c1-14-9-11-23-18(14)12-20(2)19(21)16-7-3-4-8-17(16)24-13-15-6-5-10-22-15/h3-11H,12-13H2,1-2H3. The van der Waals surface area contributed by atoms with Crippen molar-refractivity contribution >= 4 is 40.3 Å². The van der Waals surface area contributed by atoms with Crippen LogP contribution in [0.5, 0.6) is 0 Å². The number of nitrogens with zero attached hydrogens (tertiary/aromatic N) is 1. The normalized spacial score (nSPS) is 10.8. The number of hydrogen-bond donors (Lipinski definition) is 0. The van der Waals surface area contributed by atoms with Crippen LogP contribution in [0.3, 0.4) is 0 Å². The van der Waals surface area contributed by atoms with E-state index in [1.165, 1.54) is 15.3 Å². The van der Waals surface area contributed by atoms with Crippen LogP contribution in [-0.2, 0) is 12.3 Å². The summed E-state index contributed by atoms with van der Waals surface area (Å²) in [4.78, 5) is 18.3. The third kappa shape index (κ3) is 4.09. The predicted molar refractivity (Wildman–Crippen MR) is 105 cm³/mol. The summed E-state index contributed by atoms with van der Waals surface area (Å²) in [5.41, 5.74) is 2.04. The molecule has 0 saturated heterocycles. The summed E-state index contributed by atoms with van der Waals surface area (Å²) >= 11 is 5.18. The Morgan fingerprint density at radius 1 is 1.08 bits per heavy atom. The Morgan fingerprint density at radius 3 is 2.62 bits per heavy atom. The predicted octanol–water partition coefficient (Wildman–Crippen LogP) is 5.68. The van der Waals surface area contributed by atoms with E-state index < -0.39 is 0 Å². The first-order chi connectivity index (χ1) is 11.6. The second-order valence-electron chi connectivity index (χ2n) is 5.55. The molecule has 3 aromatic rings. The molecule has 0 aliphatic heterocycles. The van der Waals surface area contributed by atoms with E-state index in [1.807, 2.05) is 36.2 Å². The molecule has 0 atom stereocenters. The second kappa shape index (κ2) is 8.01. The molecule has 0 aliphatic carbocycles. The fraction of sp³-hybridized carbons (Fsp3) is 0.211. The average molecular weight is 374 g/mol. The first-order valence-corrected chi connectivity index (χ1v) is 10.4. The van der Waals surface area contributed by atoms with Gasteiger partial charge < -0.3 is 4.90 Å². The first-order valence-electron chi connectivity index (χ1n) is 7.68. The number of hydrogen-bond acceptors (Lipinski definition) is 4. The van der Waals surface area contributed by atoms with Crippen LogP contribution in [0, 0.1) is 6.92 Å². The van der Waals surface area contributed by atoms with Crippen molar-refractivity contribution < 1.29 is 4.79 Å². The van der Waals surface area contributed by atoms with E-state index in [4.69, 9.17) is 0 Å². The maximum absolute atomic E-state index is 12.9. The Labute approximate surface area is 155 Å². The summed E-state index contributed by atoms with van der Waals surface area (Å²) in [7, 11) is 1.88. The van der Waals surface area contributed by atoms with Gasteiger partial charge in [0.15, 0.2) is 0 Å². The van der Waals surface area contributed by atoms with Crippen LogP contribution >= 0.6 is 34.4 Å². The maximum atomic E-state index is 12.9. The van der Waals surface area contributed by atoms with Gasteiger partial charge in [-0.15, -0.1) is 34.4 Å². The van der Waals surface area contributed by atoms with Gasteiger partial charge in [0.2, 0.25) is 0 Å². The molecule has 2 aromatic heterocycles. The topological polar surface area (TPSA) is 20.3 Å². The molecule has 0 radical (unpaired) electrons. The summed E-state index contributed by atoms with van der Waals surface area (Å²) in [6.45, 7) is 2.75. The van der Waals surface area contributed by atoms with Crippen LogP contribution in [0.1, 0.15) is 25.7 Å². The zero-order valence-electron chi connectivity index (χ0n) is 13.7. The van der Waals surface area contributed by atoms with Crippen LogP contribution in [-0.4, -0.2) is 17.9 Å². The van der Waals surface area contributed by atoms with E-state index in [2.05, 4.69) is 35.9 Å². The van der Waals surface area contributed by atoms with Crippen molar-refractivity contribution in [2.75, 3.05) is 7.05 Å². The summed E-state index contributed by atoms with van der Waals surface area (Å²) < 4.78 is 0. The van der Waals surface area contributed by atoms with Crippen molar-refractivity contribution in [2.45, 2.75) is 24.1 Å². The van der Waals surface area contributed by atoms with Crippen LogP contribution in [0.4, 0.5) is 0 Å². The molecule has 0 saturated carbocycles. The summed E-state index contributed by atoms with van der Waals surface area (Å²) in [5, 5.41) is 4.16. The van der Waals surface area contributed by atoms with Crippen molar-refractivity contribution in [3.63, 3.8) is 0 Å². The molecule has 0 bridgehead atoms. The molecular weight excluding hydrogens is 354 g/mol. The van der Waals surface area contributed by atoms with Gasteiger partial charge in [-0.1, -0.05) is 18.2 Å². The zero-order valence-corrected chi connectivity index (χ0v) is 16.1. The number of thiophene rings is 2. The summed E-state index contributed by atoms with van der Waals surface area (Å²) in [6, 6.07) is 14.2. The fourth-order valence-corrected chi connectivity index (χ4v) is 5.15. The Bertz CT molecular complexity index is 808. The van der Waals surface area contributed by atoms with E-state index in [-0.39, 0.29) is 5.91 Å². The lowest BCUT2D eigenvalue weighted by molar-refractivity contribution is 0.0783. The van der Waals surface area contributed by atoms with Gasteiger partial charge in [0.25, 0.3) is 5.91 Å². The Morgan fingerprint density at radius 2 is 1.92 bits per heavy atom. The Hall–Kier alpha value is -1.56. The van der Waals surface area contributed by atoms with Crippen molar-refractivity contribution in [2.24, 2.45) is 0 Å². The number of carbonyl (C=O) groups excluding carboxylic acids is 1. The van der Waals surface area contributed by atoms with Crippen molar-refractivity contribution in [1.82, 2.24) is 4.90 Å². The lowest BCUT2D eigenvalue weighted by Crippen LogP contribution is -2.26. The summed E-state index contributed by atoms with van der Waals surface area (Å²) in [6.07, 6.45) is 0. The number of thioether (sulfide) groups is 1. The second-order valence-corrected chi connectivity index (χ2v) is 8.60. The molecule has 2 heterocycles. The van der Waals surface area contributed by atoms with Crippen LogP contribution in [0.2, 0.25) is 0 Å². The average Bonchev–Trinajstić information content (AvgIpc) is 3.25. The summed E-state index contributed by atoms with van der Waals surface area (Å²) in [5.74, 6) is 0.979. The number of benzene rings is 1. The first kappa shape index (κ1) is 17.3. The van der Waals surface area contributed by atoms with Gasteiger partial charge in [-0.3, -0.25) is 4.79 Å². The highest BCUT2D eigenvalue weighted by atomic mass is 32.2. The maximum Gasteiger partial charge on any atom is 0.255 e. The highest BCUT2D eigenvalue weighted by Gasteiger charge is 2.17. The van der Waals surface area contributed by atoms with Crippen LogP contribution in [0.15, 0.2) is 58.1 Å². The van der Waals surface area contributed by atoms with Crippen molar-refractivity contribution in [1.29, 1.82) is 0 Å². The van der Waals surface area contributed by atoms with Gasteiger partial charge in [-0.25, -0.2) is 0 Å². The Kier molecular flexibility index (Phi) is 5.76. The van der Waals surface area contributed by atoms with Gasteiger partial charge in [0, 0.05) is 27.5 Å². The quantitative estimate of drug-likeness (QED) is 0.518. The Balaban J connectivity index is 1.73. The van der Waals surface area contributed by atoms with Gasteiger partial charge in [-0.2, -0.15) is 0 Å². The lowest BCUT2D eigenvalue weighted by atomic mass is 10.2. The van der Waals surface area contributed by atoms with Gasteiger partial charge >= 0.3 is 0 Å². The van der Waals surface area contributed by atoms with E-state index >= 15 is 0 Å². The highest BCUT2D eigenvalue weighted by molar-refractivity contribution is 7.98. The van der Waals surface area contributed by atoms with E-state index in [0.29, 0.717) is 6.54 Å². The molecule has 1 amide bonds. The van der Waals surface area contributed by atoms with E-state index in [0.717, 1.165) is 16.2 Å². The number of aryl methyl sites for hydroxylation is 1. The van der Waals surface area contributed by atoms with Gasteiger partial charge in [-0.05, 0) is 47.5 Å². The van der Waals surface area contributed by atoms with Crippen molar-refractivity contribution in [3.05, 3.63) is 74.1 Å². The zero-order chi connectivity index (χ0) is 16.9. The fourth-order valence-electron chi connectivity index (χ4n) is 2.37. The molecule has 0 unspecified atom stereocenters. The lowest BCUT2D eigenvalue weighted by Gasteiger charge is -2.18. The largest absolute Gasteiger partial charge is 0.337 e. The molecule has 0 spiro atoms. The molecule has 24 heavy (non-hydrogen) atoms. The molecule has 0 N–H and O–H groups in total. The number of carbonyl (C=O) groups is 1. The molecule has 124 valence electrons. The number of amides is 1. The van der Waals surface area contributed by atoms with Crippen LogP contribution in [0.25, 0.3) is 0 Å². The minimum atomic E-state index is 0.0806. The highest BCUT2D eigenvalue weighted by Crippen LogP contribution is 2.29. The molecule has 0 aliphatic rings. The minimum absolute atomic E-state index is 0.0806. The molecule has 0 fully saturated rings. The minimum Gasteiger partial charge on any atom is -0.337 e. The van der Waals surface area contributed by atoms with Crippen molar-refractivity contribution in [3.8, 4) is 0 Å². The number of rotatable bonds is 6. The SMILES string of the molecule is Cc1ccsc1CN(C)C(=O)c1ccccc1SCc1cccs1. The molecule has 3 rings (SSSR count). The molecular formula is C19H19NOS3. The third-order valence-electron chi connectivity index (χ3n) is 3.76. The molecule has 1 aromatic carbocycles. The molecule has 5 heteroatoms. The van der Waals surface area contributed by atoms with Gasteiger partial charge in [0.05, 0.1) is 12.1 Å². The molecule has 2 nitrogen and oxygen atoms in total. The third-order valence-corrected chi connectivity index (χ3v) is 6.95.